The first-order valence-corrected chi connectivity index (χ1v) is 4.41. The van der Waals surface area contributed by atoms with E-state index in [4.69, 9.17) is 5.11 Å². The van der Waals surface area contributed by atoms with Crippen molar-refractivity contribution in [3.8, 4) is 5.88 Å². The Labute approximate surface area is 101 Å². The Balaban J connectivity index is 3.30. The van der Waals surface area contributed by atoms with E-state index >= 15 is 0 Å². The second-order valence-electron chi connectivity index (χ2n) is 3.11. The van der Waals surface area contributed by atoms with Crippen molar-refractivity contribution in [1.29, 1.82) is 0 Å². The first-order valence-electron chi connectivity index (χ1n) is 4.41. The molecule has 0 amide bonds. The van der Waals surface area contributed by atoms with Gasteiger partial charge < -0.3 is 9.84 Å². The van der Waals surface area contributed by atoms with Crippen LogP contribution in [-0.4, -0.2) is 27.3 Å². The second-order valence-corrected chi connectivity index (χ2v) is 3.11. The Morgan fingerprint density at radius 2 is 2.11 bits per heavy atom. The predicted octanol–water partition coefficient (Wildman–Crippen LogP) is 1.65. The highest BCUT2D eigenvalue weighted by atomic mass is 19.4. The van der Waals surface area contributed by atoms with E-state index in [1.807, 2.05) is 0 Å². The van der Waals surface area contributed by atoms with Crippen molar-refractivity contribution in [2.75, 3.05) is 0 Å². The Kier molecular flexibility index (Phi) is 3.87. The van der Waals surface area contributed by atoms with Crippen LogP contribution in [0.4, 0.5) is 23.2 Å². The number of pyridine rings is 1. The summed E-state index contributed by atoms with van der Waals surface area (Å²) in [5.41, 5.74) is -2.28. The van der Waals surface area contributed by atoms with Gasteiger partial charge in [0.25, 0.3) is 0 Å². The van der Waals surface area contributed by atoms with Crippen LogP contribution >= 0.6 is 0 Å². The molecule has 0 unspecified atom stereocenters. The number of ether oxygens (including phenoxy) is 1. The molecule has 19 heavy (non-hydrogen) atoms. The van der Waals surface area contributed by atoms with Crippen molar-refractivity contribution < 1.29 is 37.1 Å². The van der Waals surface area contributed by atoms with E-state index in [0.717, 1.165) is 0 Å². The number of hydrogen-bond donors (Lipinski definition) is 1. The van der Waals surface area contributed by atoms with Crippen LogP contribution in [0.1, 0.15) is 5.69 Å². The number of rotatable bonds is 4. The van der Waals surface area contributed by atoms with Gasteiger partial charge in [0.05, 0.1) is 11.3 Å². The van der Waals surface area contributed by atoms with Gasteiger partial charge in [-0.15, -0.1) is 13.2 Å². The van der Waals surface area contributed by atoms with Gasteiger partial charge >= 0.3 is 18.0 Å². The number of carboxylic acids is 1. The summed E-state index contributed by atoms with van der Waals surface area (Å²) >= 11 is 0. The molecule has 1 aromatic heterocycles. The Morgan fingerprint density at radius 3 is 2.53 bits per heavy atom. The second kappa shape index (κ2) is 5.04. The number of nitro groups is 1. The molecule has 0 fully saturated rings. The molecule has 0 aliphatic heterocycles. The van der Waals surface area contributed by atoms with Crippen LogP contribution in [-0.2, 0) is 11.2 Å². The topological polar surface area (TPSA) is 103 Å². The maximum absolute atomic E-state index is 13.3. The van der Waals surface area contributed by atoms with Gasteiger partial charge in [0, 0.05) is 6.07 Å². The molecule has 0 aromatic carbocycles. The zero-order valence-corrected chi connectivity index (χ0v) is 8.77. The molecule has 0 bridgehead atoms. The number of hydrogen-bond acceptors (Lipinski definition) is 5. The fraction of sp³-hybridized carbons (Fsp3) is 0.250. The fourth-order valence-electron chi connectivity index (χ4n) is 1.16. The fourth-order valence-corrected chi connectivity index (χ4v) is 1.16. The van der Waals surface area contributed by atoms with Crippen molar-refractivity contribution in [3.63, 3.8) is 0 Å². The summed E-state index contributed by atoms with van der Waals surface area (Å²) in [7, 11) is 0. The minimum Gasteiger partial charge on any atom is -0.481 e. The SMILES string of the molecule is O=C(O)Cc1nc(OC(F)(F)F)cc(F)c1[N+](=O)[O-]. The van der Waals surface area contributed by atoms with Crippen molar-refractivity contribution >= 4 is 11.7 Å². The summed E-state index contributed by atoms with van der Waals surface area (Å²) in [5, 5.41) is 18.9. The Hall–Kier alpha value is -2.46. The minimum absolute atomic E-state index is 0.0526. The molecule has 0 saturated carbocycles. The van der Waals surface area contributed by atoms with Crippen LogP contribution in [0.25, 0.3) is 0 Å². The van der Waals surface area contributed by atoms with Crippen molar-refractivity contribution in [1.82, 2.24) is 4.98 Å². The van der Waals surface area contributed by atoms with Crippen molar-refractivity contribution in [2.24, 2.45) is 0 Å². The molecule has 0 atom stereocenters. The number of aromatic nitrogens is 1. The van der Waals surface area contributed by atoms with Crippen LogP contribution in [0.2, 0.25) is 0 Å². The summed E-state index contributed by atoms with van der Waals surface area (Å²) in [4.78, 5) is 22.6. The molecule has 0 radical (unpaired) electrons. The average Bonchev–Trinajstić information content (AvgIpc) is 2.10. The quantitative estimate of drug-likeness (QED) is 0.512. The first kappa shape index (κ1) is 14.6. The highest BCUT2D eigenvalue weighted by Gasteiger charge is 2.34. The third kappa shape index (κ3) is 4.04. The van der Waals surface area contributed by atoms with Gasteiger partial charge in [-0.25, -0.2) is 4.98 Å². The lowest BCUT2D eigenvalue weighted by Gasteiger charge is -2.09. The molecule has 0 saturated heterocycles. The van der Waals surface area contributed by atoms with Crippen LogP contribution < -0.4 is 4.74 Å². The van der Waals surface area contributed by atoms with Crippen LogP contribution in [0.5, 0.6) is 5.88 Å². The Bertz CT molecular complexity index is 531. The monoisotopic (exact) mass is 284 g/mol. The van der Waals surface area contributed by atoms with E-state index in [9.17, 15) is 32.5 Å². The molecule has 0 spiro atoms. The van der Waals surface area contributed by atoms with Gasteiger partial charge in [0.2, 0.25) is 11.7 Å². The lowest BCUT2D eigenvalue weighted by Crippen LogP contribution is -2.19. The van der Waals surface area contributed by atoms with Gasteiger partial charge in [-0.05, 0) is 0 Å². The van der Waals surface area contributed by atoms with Gasteiger partial charge in [0.15, 0.2) is 0 Å². The molecular formula is C8H4F4N2O5. The average molecular weight is 284 g/mol. The Morgan fingerprint density at radius 1 is 1.53 bits per heavy atom. The first-order chi connectivity index (χ1) is 8.60. The third-order valence-electron chi connectivity index (χ3n) is 1.72. The summed E-state index contributed by atoms with van der Waals surface area (Å²) in [6.45, 7) is 0. The van der Waals surface area contributed by atoms with Crippen molar-refractivity contribution in [3.05, 3.63) is 27.7 Å². The summed E-state index contributed by atoms with van der Waals surface area (Å²) in [6, 6.07) is 0.0526. The summed E-state index contributed by atoms with van der Waals surface area (Å²) < 4.78 is 52.2. The molecular weight excluding hydrogens is 280 g/mol. The molecule has 1 rings (SSSR count). The van der Waals surface area contributed by atoms with E-state index in [2.05, 4.69) is 9.72 Å². The number of carbonyl (C=O) groups is 1. The summed E-state index contributed by atoms with van der Waals surface area (Å²) in [5.74, 6) is -4.61. The lowest BCUT2D eigenvalue weighted by molar-refractivity contribution is -0.388. The van der Waals surface area contributed by atoms with Gasteiger partial charge in [-0.2, -0.15) is 4.39 Å². The summed E-state index contributed by atoms with van der Waals surface area (Å²) in [6.07, 6.45) is -6.31. The highest BCUT2D eigenvalue weighted by Crippen LogP contribution is 2.28. The standard InChI is InChI=1S/C8H4F4N2O5/c9-3-1-5(19-8(10,11)12)13-4(2-6(15)16)7(3)14(17)18/h1H,2H2,(H,15,16). The van der Waals surface area contributed by atoms with Crippen molar-refractivity contribution in [2.45, 2.75) is 12.8 Å². The number of nitrogens with zero attached hydrogens (tertiary/aromatic N) is 2. The molecule has 0 aliphatic carbocycles. The molecule has 7 nitrogen and oxygen atoms in total. The predicted molar refractivity (Wildman–Crippen MR) is 48.9 cm³/mol. The molecule has 1 aromatic rings. The largest absolute Gasteiger partial charge is 0.574 e. The maximum atomic E-state index is 13.3. The lowest BCUT2D eigenvalue weighted by atomic mass is 10.2. The van der Waals surface area contributed by atoms with E-state index in [1.165, 1.54) is 0 Å². The minimum atomic E-state index is -5.18. The smallest absolute Gasteiger partial charge is 0.481 e. The van der Waals surface area contributed by atoms with Gasteiger partial charge in [-0.1, -0.05) is 0 Å². The van der Waals surface area contributed by atoms with E-state index in [-0.39, 0.29) is 6.07 Å². The number of aliphatic carboxylic acids is 1. The molecule has 11 heteroatoms. The van der Waals surface area contributed by atoms with E-state index < -0.39 is 46.8 Å². The number of carboxylic acid groups (broad SMARTS) is 1. The van der Waals surface area contributed by atoms with Crippen LogP contribution in [0, 0.1) is 15.9 Å². The molecule has 1 heterocycles. The van der Waals surface area contributed by atoms with Crippen LogP contribution in [0.15, 0.2) is 6.07 Å². The number of alkyl halides is 3. The maximum Gasteiger partial charge on any atom is 0.574 e. The zero-order valence-electron chi connectivity index (χ0n) is 8.77. The normalized spacial score (nSPS) is 11.2. The van der Waals surface area contributed by atoms with E-state index in [1.54, 1.807) is 0 Å². The molecule has 1 N–H and O–H groups in total. The van der Waals surface area contributed by atoms with E-state index in [0.29, 0.717) is 0 Å². The molecule has 104 valence electrons. The number of halogens is 4. The van der Waals surface area contributed by atoms with Gasteiger partial charge in [-0.3, -0.25) is 14.9 Å². The highest BCUT2D eigenvalue weighted by molar-refractivity contribution is 5.71. The van der Waals surface area contributed by atoms with Gasteiger partial charge in [0.1, 0.15) is 5.69 Å². The third-order valence-corrected chi connectivity index (χ3v) is 1.72. The zero-order chi connectivity index (χ0) is 14.8. The van der Waals surface area contributed by atoms with Crippen LogP contribution in [0.3, 0.4) is 0 Å². The molecule has 0 aliphatic rings.